The van der Waals surface area contributed by atoms with E-state index in [1.165, 1.54) is 0 Å². The van der Waals surface area contributed by atoms with Crippen molar-refractivity contribution in [3.63, 3.8) is 0 Å². The quantitative estimate of drug-likeness (QED) is 0.190. The standard InChI is InChI=1S/C41H26NO2P/c43-45(33-23-17-27-9-1-3-11-30(27)25-33,34-24-18-28-10-2-4-12-31(28)26-34)32-21-19-29(20-22-32)41-39-35-13-5-7-15-37(35)42-40(39)36-14-6-8-16-38(36)44-41/h1-26H. The van der Waals surface area contributed by atoms with Crippen LogP contribution in [0, 0.1) is 0 Å². The minimum absolute atomic E-state index is 0.759. The van der Waals surface area contributed by atoms with Gasteiger partial charge in [0.05, 0.1) is 16.8 Å². The highest BCUT2D eigenvalue weighted by atomic mass is 31.2. The number of nitrogens with zero attached hydrogens (tertiary/aromatic N) is 1. The maximum absolute atomic E-state index is 15.6. The van der Waals surface area contributed by atoms with Crippen molar-refractivity contribution in [2.75, 3.05) is 0 Å². The molecule has 0 N–H and O–H groups in total. The van der Waals surface area contributed by atoms with E-state index in [0.717, 1.165) is 81.9 Å². The fourth-order valence-corrected chi connectivity index (χ4v) is 9.32. The average Bonchev–Trinajstić information content (AvgIpc) is 3.51. The summed E-state index contributed by atoms with van der Waals surface area (Å²) in [5, 5.41) is 8.83. The third-order valence-electron chi connectivity index (χ3n) is 8.91. The molecule has 0 saturated carbocycles. The summed E-state index contributed by atoms with van der Waals surface area (Å²) in [6.45, 7) is 0. The van der Waals surface area contributed by atoms with Crippen LogP contribution >= 0.6 is 7.14 Å². The molecule has 2 aliphatic rings. The Labute approximate surface area is 260 Å². The van der Waals surface area contributed by atoms with E-state index in [9.17, 15) is 0 Å². The van der Waals surface area contributed by atoms with Gasteiger partial charge in [0.2, 0.25) is 0 Å². The molecule has 9 rings (SSSR count). The normalized spacial score (nSPS) is 12.1. The van der Waals surface area contributed by atoms with Crippen molar-refractivity contribution in [2.45, 2.75) is 0 Å². The van der Waals surface area contributed by atoms with E-state index in [1.54, 1.807) is 0 Å². The van der Waals surface area contributed by atoms with Crippen LogP contribution in [-0.4, -0.2) is 4.98 Å². The van der Waals surface area contributed by atoms with Gasteiger partial charge in [-0.05, 0) is 51.9 Å². The molecule has 0 amide bonds. The molecule has 0 saturated heterocycles. The fraction of sp³-hybridized carbons (Fsp3) is 0. The summed E-state index contributed by atoms with van der Waals surface area (Å²) in [5.74, 6) is 0.759. The molecule has 2 aliphatic heterocycles. The summed E-state index contributed by atoms with van der Waals surface area (Å²) in [6.07, 6.45) is 0. The second-order valence-electron chi connectivity index (χ2n) is 11.5. The van der Waals surface area contributed by atoms with Crippen molar-refractivity contribution < 1.29 is 8.98 Å². The lowest BCUT2D eigenvalue weighted by molar-refractivity contribution is 0.592. The first-order valence-corrected chi connectivity index (χ1v) is 16.8. The van der Waals surface area contributed by atoms with E-state index < -0.39 is 7.14 Å². The Morgan fingerprint density at radius 1 is 0.489 bits per heavy atom. The van der Waals surface area contributed by atoms with Gasteiger partial charge < -0.3 is 8.98 Å². The van der Waals surface area contributed by atoms with E-state index in [0.29, 0.717) is 0 Å². The van der Waals surface area contributed by atoms with Gasteiger partial charge in [0.15, 0.2) is 7.14 Å². The highest BCUT2D eigenvalue weighted by Crippen LogP contribution is 2.46. The largest absolute Gasteiger partial charge is 0.455 e. The van der Waals surface area contributed by atoms with E-state index in [1.807, 2.05) is 97.1 Å². The third-order valence-corrected chi connectivity index (χ3v) is 11.9. The average molecular weight is 596 g/mol. The third kappa shape index (κ3) is 4.05. The Kier molecular flexibility index (Phi) is 5.78. The van der Waals surface area contributed by atoms with Crippen LogP contribution in [0.3, 0.4) is 0 Å². The lowest BCUT2D eigenvalue weighted by atomic mass is 9.99. The number of fused-ring (bicyclic) bond motifs is 7. The highest BCUT2D eigenvalue weighted by molar-refractivity contribution is 7.85. The van der Waals surface area contributed by atoms with Gasteiger partial charge in [0.25, 0.3) is 0 Å². The molecule has 212 valence electrons. The summed E-state index contributed by atoms with van der Waals surface area (Å²) in [7, 11) is -3.25. The molecule has 0 radical (unpaired) electrons. The molecule has 7 aromatic carbocycles. The molecule has 7 aromatic rings. The lowest BCUT2D eigenvalue weighted by Crippen LogP contribution is -2.25. The van der Waals surface area contributed by atoms with Crippen molar-refractivity contribution in [2.24, 2.45) is 0 Å². The molecule has 4 heteroatoms. The first-order chi connectivity index (χ1) is 22.2. The molecular weight excluding hydrogens is 569 g/mol. The first-order valence-electron chi connectivity index (χ1n) is 15.1. The number of benzene rings is 7. The van der Waals surface area contributed by atoms with Crippen LogP contribution in [0.5, 0.6) is 0 Å². The topological polar surface area (TPSA) is 43.1 Å². The molecule has 0 aliphatic carbocycles. The van der Waals surface area contributed by atoms with E-state index in [-0.39, 0.29) is 0 Å². The Bertz CT molecular complexity index is 2500. The number of rotatable bonds is 4. The van der Waals surface area contributed by atoms with Gasteiger partial charge in [-0.3, -0.25) is 0 Å². The Hall–Kier alpha value is -5.50. The van der Waals surface area contributed by atoms with Crippen LogP contribution in [0.15, 0.2) is 162 Å². The van der Waals surface area contributed by atoms with Crippen LogP contribution in [0.4, 0.5) is 0 Å². The van der Waals surface area contributed by atoms with Crippen LogP contribution in [0.25, 0.3) is 66.0 Å². The van der Waals surface area contributed by atoms with Gasteiger partial charge in [-0.15, -0.1) is 0 Å². The van der Waals surface area contributed by atoms with Crippen molar-refractivity contribution in [1.29, 1.82) is 0 Å². The zero-order chi connectivity index (χ0) is 30.0. The zero-order valence-corrected chi connectivity index (χ0v) is 25.1. The monoisotopic (exact) mass is 595 g/mol. The summed E-state index contributed by atoms with van der Waals surface area (Å²) < 4.78 is 22.3. The highest BCUT2D eigenvalue weighted by Gasteiger charge is 2.31. The molecular formula is C41H26NO2P. The molecule has 0 fully saturated rings. The van der Waals surface area contributed by atoms with Crippen molar-refractivity contribution >= 4 is 66.5 Å². The number of hydrogen-bond donors (Lipinski definition) is 0. The smallest absolute Gasteiger partial charge is 0.171 e. The number of hydrogen-bond acceptors (Lipinski definition) is 3. The predicted octanol–water partition coefficient (Wildman–Crippen LogP) is 9.70. The van der Waals surface area contributed by atoms with Gasteiger partial charge in [0.1, 0.15) is 11.3 Å². The molecule has 3 nitrogen and oxygen atoms in total. The van der Waals surface area contributed by atoms with Crippen LogP contribution in [0.2, 0.25) is 0 Å². The maximum Gasteiger partial charge on any atom is 0.171 e. The van der Waals surface area contributed by atoms with E-state index in [2.05, 4.69) is 60.7 Å². The SMILES string of the molecule is O=P(c1ccc(-c2oc3ccccc3c3nc4ccccc4c2-3)cc1)(c1ccc2ccccc2c1)c1ccc2ccccc2c1. The maximum atomic E-state index is 15.6. The Balaban J connectivity index is 1.26. The summed E-state index contributed by atoms with van der Waals surface area (Å²) in [5.41, 5.74) is 4.55. The van der Waals surface area contributed by atoms with Crippen molar-refractivity contribution in [1.82, 2.24) is 4.98 Å². The predicted molar refractivity (Wildman–Crippen MR) is 188 cm³/mol. The lowest BCUT2D eigenvalue weighted by Gasteiger charge is -2.21. The van der Waals surface area contributed by atoms with Crippen LogP contribution < -0.4 is 15.9 Å². The van der Waals surface area contributed by atoms with Gasteiger partial charge >= 0.3 is 0 Å². The second-order valence-corrected chi connectivity index (χ2v) is 14.3. The zero-order valence-electron chi connectivity index (χ0n) is 24.2. The fourth-order valence-electron chi connectivity index (χ4n) is 6.64. The molecule has 0 unspecified atom stereocenters. The second kappa shape index (κ2) is 10.0. The van der Waals surface area contributed by atoms with E-state index in [4.69, 9.17) is 9.40 Å². The molecule has 0 bridgehead atoms. The summed E-state index contributed by atoms with van der Waals surface area (Å²) in [4.78, 5) is 5.01. The van der Waals surface area contributed by atoms with Crippen LogP contribution in [0.1, 0.15) is 0 Å². The van der Waals surface area contributed by atoms with Crippen molar-refractivity contribution in [3.05, 3.63) is 158 Å². The Morgan fingerprint density at radius 2 is 1.02 bits per heavy atom. The summed E-state index contributed by atoms with van der Waals surface area (Å²) in [6, 6.07) is 53.2. The minimum Gasteiger partial charge on any atom is -0.455 e. The molecule has 0 aromatic heterocycles. The van der Waals surface area contributed by atoms with Gasteiger partial charge in [-0.2, -0.15) is 0 Å². The molecule has 2 heterocycles. The Morgan fingerprint density at radius 3 is 1.69 bits per heavy atom. The first kappa shape index (κ1) is 25.9. The van der Waals surface area contributed by atoms with Gasteiger partial charge in [-0.1, -0.05) is 127 Å². The molecule has 0 spiro atoms. The van der Waals surface area contributed by atoms with Gasteiger partial charge in [-0.25, -0.2) is 4.98 Å². The van der Waals surface area contributed by atoms with E-state index >= 15 is 4.57 Å². The number of para-hydroxylation sites is 2. The van der Waals surface area contributed by atoms with Gasteiger partial charge in [0, 0.05) is 32.2 Å². The van der Waals surface area contributed by atoms with Crippen molar-refractivity contribution in [3.8, 4) is 22.6 Å². The molecule has 45 heavy (non-hydrogen) atoms. The number of aromatic nitrogens is 1. The van der Waals surface area contributed by atoms with Crippen LogP contribution in [-0.2, 0) is 4.57 Å². The summed E-state index contributed by atoms with van der Waals surface area (Å²) >= 11 is 0. The minimum atomic E-state index is -3.25. The molecule has 0 atom stereocenters.